The minimum absolute atomic E-state index is 0.186. The summed E-state index contributed by atoms with van der Waals surface area (Å²) in [6.45, 7) is 0.337. The number of anilines is 2. The highest BCUT2D eigenvalue weighted by molar-refractivity contribution is 5.94. The number of benzene rings is 2. The molecule has 10 heteroatoms. The first-order chi connectivity index (χ1) is 16.6. The van der Waals surface area contributed by atoms with E-state index in [9.17, 15) is 22.4 Å². The lowest BCUT2D eigenvalue weighted by atomic mass is 9.86. The fourth-order valence-electron chi connectivity index (χ4n) is 4.37. The summed E-state index contributed by atoms with van der Waals surface area (Å²) >= 11 is 0. The van der Waals surface area contributed by atoms with Gasteiger partial charge in [-0.3, -0.25) is 4.79 Å². The Morgan fingerprint density at radius 1 is 1.06 bits per heavy atom. The number of para-hydroxylation sites is 1. The number of hydrogen-bond acceptors (Lipinski definition) is 5. The smallest absolute Gasteiger partial charge is 0.362 e. The average molecular weight is 490 g/mol. The predicted molar refractivity (Wildman–Crippen MR) is 127 cm³/mol. The van der Waals surface area contributed by atoms with Crippen LogP contribution in [0.2, 0.25) is 0 Å². The summed E-state index contributed by atoms with van der Waals surface area (Å²) in [6, 6.07) is 9.96. The van der Waals surface area contributed by atoms with Crippen molar-refractivity contribution in [3.05, 3.63) is 59.4 Å². The third-order valence-electron chi connectivity index (χ3n) is 6.28. The Bertz CT molecular complexity index is 1210. The molecule has 1 amide bonds. The third kappa shape index (κ3) is 5.80. The van der Waals surface area contributed by atoms with Crippen molar-refractivity contribution in [3.63, 3.8) is 0 Å². The van der Waals surface area contributed by atoms with Crippen LogP contribution in [0.15, 0.2) is 42.5 Å². The number of aromatic nitrogens is 2. The van der Waals surface area contributed by atoms with Crippen LogP contribution in [-0.2, 0) is 6.18 Å². The third-order valence-corrected chi connectivity index (χ3v) is 6.28. The SMILES string of the molecule is CN(C)c1nc(N[C@H]2CC[C@@H](CNC(=O)c3ccc(C(F)(F)F)cc3F)CC2)nc2ccccc12. The van der Waals surface area contributed by atoms with Gasteiger partial charge in [-0.25, -0.2) is 9.37 Å². The van der Waals surface area contributed by atoms with Crippen LogP contribution in [0.5, 0.6) is 0 Å². The molecule has 1 aliphatic rings. The number of fused-ring (bicyclic) bond motifs is 1. The summed E-state index contributed by atoms with van der Waals surface area (Å²) in [5.41, 5.74) is -0.649. The number of hydrogen-bond donors (Lipinski definition) is 2. The molecule has 1 saturated carbocycles. The van der Waals surface area contributed by atoms with E-state index in [0.29, 0.717) is 24.6 Å². The quantitative estimate of drug-likeness (QED) is 0.463. The molecule has 1 aliphatic carbocycles. The van der Waals surface area contributed by atoms with E-state index >= 15 is 0 Å². The number of halogens is 4. The fraction of sp³-hybridized carbons (Fsp3) is 0.400. The van der Waals surface area contributed by atoms with Gasteiger partial charge in [0.1, 0.15) is 11.6 Å². The standard InChI is InChI=1S/C25H27F4N5O/c1-34(2)22-19-5-3-4-6-21(19)32-24(33-22)31-17-10-7-15(8-11-17)14-30-23(35)18-12-9-16(13-20(18)26)25(27,28)29/h3-6,9,12-13,15,17H,7-8,10-11,14H2,1-2H3,(H,30,35)(H,31,32,33)/t15-,17+. The van der Waals surface area contributed by atoms with E-state index in [-0.39, 0.29) is 12.0 Å². The van der Waals surface area contributed by atoms with Crippen molar-refractivity contribution in [2.45, 2.75) is 37.9 Å². The van der Waals surface area contributed by atoms with Gasteiger partial charge in [-0.15, -0.1) is 0 Å². The summed E-state index contributed by atoms with van der Waals surface area (Å²) in [6.07, 6.45) is -1.29. The molecule has 4 rings (SSSR count). The Balaban J connectivity index is 1.31. The highest BCUT2D eigenvalue weighted by Crippen LogP contribution is 2.31. The van der Waals surface area contributed by atoms with Gasteiger partial charge in [0.15, 0.2) is 0 Å². The Morgan fingerprint density at radius 3 is 2.43 bits per heavy atom. The van der Waals surface area contributed by atoms with Crippen LogP contribution in [0.4, 0.5) is 29.3 Å². The molecule has 35 heavy (non-hydrogen) atoms. The van der Waals surface area contributed by atoms with Crippen molar-refractivity contribution in [2.24, 2.45) is 5.92 Å². The van der Waals surface area contributed by atoms with Gasteiger partial charge in [0, 0.05) is 32.1 Å². The zero-order valence-corrected chi connectivity index (χ0v) is 19.5. The van der Waals surface area contributed by atoms with Gasteiger partial charge >= 0.3 is 6.18 Å². The zero-order chi connectivity index (χ0) is 25.2. The Kier molecular flexibility index (Phi) is 7.09. The van der Waals surface area contributed by atoms with Crippen LogP contribution in [0.3, 0.4) is 0 Å². The summed E-state index contributed by atoms with van der Waals surface area (Å²) < 4.78 is 52.2. The van der Waals surface area contributed by atoms with Crippen LogP contribution in [0, 0.1) is 11.7 Å². The van der Waals surface area contributed by atoms with E-state index in [2.05, 4.69) is 20.6 Å². The van der Waals surface area contributed by atoms with Crippen molar-refractivity contribution in [1.82, 2.24) is 15.3 Å². The van der Waals surface area contributed by atoms with Gasteiger partial charge in [0.25, 0.3) is 5.91 Å². The first-order valence-corrected chi connectivity index (χ1v) is 11.5. The van der Waals surface area contributed by atoms with E-state index in [1.807, 2.05) is 43.3 Å². The molecule has 1 fully saturated rings. The highest BCUT2D eigenvalue weighted by atomic mass is 19.4. The number of alkyl halides is 3. The maximum Gasteiger partial charge on any atom is 0.416 e. The molecule has 1 heterocycles. The van der Waals surface area contributed by atoms with Gasteiger partial charge in [-0.05, 0) is 61.9 Å². The molecule has 0 aliphatic heterocycles. The molecule has 2 N–H and O–H groups in total. The van der Waals surface area contributed by atoms with E-state index in [4.69, 9.17) is 0 Å². The van der Waals surface area contributed by atoms with E-state index in [1.54, 1.807) is 0 Å². The Morgan fingerprint density at radius 2 is 1.77 bits per heavy atom. The molecule has 0 saturated heterocycles. The summed E-state index contributed by atoms with van der Waals surface area (Å²) in [7, 11) is 3.88. The van der Waals surface area contributed by atoms with Crippen molar-refractivity contribution in [3.8, 4) is 0 Å². The van der Waals surface area contributed by atoms with Crippen LogP contribution in [0.25, 0.3) is 10.9 Å². The maximum absolute atomic E-state index is 14.0. The second-order valence-corrected chi connectivity index (χ2v) is 9.05. The molecule has 0 radical (unpaired) electrons. The average Bonchev–Trinajstić information content (AvgIpc) is 2.82. The molecule has 0 unspecified atom stereocenters. The lowest BCUT2D eigenvalue weighted by Crippen LogP contribution is -2.34. The number of carbonyl (C=O) groups is 1. The van der Waals surface area contributed by atoms with Crippen molar-refractivity contribution in [1.29, 1.82) is 0 Å². The van der Waals surface area contributed by atoms with E-state index in [1.165, 1.54) is 0 Å². The minimum Gasteiger partial charge on any atom is -0.362 e. The van der Waals surface area contributed by atoms with Gasteiger partial charge in [-0.2, -0.15) is 18.2 Å². The van der Waals surface area contributed by atoms with Crippen molar-refractivity contribution in [2.75, 3.05) is 30.9 Å². The molecule has 0 bridgehead atoms. The molecule has 3 aromatic rings. The van der Waals surface area contributed by atoms with Crippen LogP contribution >= 0.6 is 0 Å². The lowest BCUT2D eigenvalue weighted by molar-refractivity contribution is -0.137. The maximum atomic E-state index is 14.0. The van der Waals surface area contributed by atoms with E-state index < -0.39 is 29.0 Å². The topological polar surface area (TPSA) is 70.2 Å². The van der Waals surface area contributed by atoms with Gasteiger partial charge in [0.2, 0.25) is 5.95 Å². The van der Waals surface area contributed by atoms with Gasteiger partial charge < -0.3 is 15.5 Å². The first-order valence-electron chi connectivity index (χ1n) is 11.5. The lowest BCUT2D eigenvalue weighted by Gasteiger charge is -2.29. The van der Waals surface area contributed by atoms with Crippen LogP contribution in [0.1, 0.15) is 41.6 Å². The first kappa shape index (κ1) is 24.7. The number of rotatable bonds is 6. The molecule has 0 atom stereocenters. The molecular formula is C25H27F4N5O. The molecular weight excluding hydrogens is 462 g/mol. The second kappa shape index (κ2) is 10.1. The van der Waals surface area contributed by atoms with Gasteiger partial charge in [-0.1, -0.05) is 12.1 Å². The summed E-state index contributed by atoms with van der Waals surface area (Å²) in [4.78, 5) is 23.6. The largest absolute Gasteiger partial charge is 0.416 e. The Labute approximate surface area is 200 Å². The number of nitrogens with one attached hydrogen (secondary N) is 2. The zero-order valence-electron chi connectivity index (χ0n) is 19.5. The van der Waals surface area contributed by atoms with E-state index in [0.717, 1.165) is 48.5 Å². The van der Waals surface area contributed by atoms with Crippen LogP contribution < -0.4 is 15.5 Å². The molecule has 186 valence electrons. The monoisotopic (exact) mass is 489 g/mol. The molecule has 6 nitrogen and oxygen atoms in total. The molecule has 0 spiro atoms. The fourth-order valence-corrected chi connectivity index (χ4v) is 4.37. The van der Waals surface area contributed by atoms with Crippen LogP contribution in [-0.4, -0.2) is 42.6 Å². The van der Waals surface area contributed by atoms with Crippen molar-refractivity contribution < 1.29 is 22.4 Å². The Hall–Kier alpha value is -3.43. The number of amides is 1. The molecule has 1 aromatic heterocycles. The van der Waals surface area contributed by atoms with Crippen molar-refractivity contribution >= 4 is 28.6 Å². The summed E-state index contributed by atoms with van der Waals surface area (Å²) in [5, 5.41) is 7.07. The van der Waals surface area contributed by atoms with Gasteiger partial charge in [0.05, 0.1) is 16.6 Å². The second-order valence-electron chi connectivity index (χ2n) is 9.05. The number of nitrogens with zero attached hydrogens (tertiary/aromatic N) is 3. The minimum atomic E-state index is -4.66. The predicted octanol–water partition coefficient (Wildman–Crippen LogP) is 5.25. The normalized spacial score (nSPS) is 18.3. The molecule has 2 aromatic carbocycles. The highest BCUT2D eigenvalue weighted by Gasteiger charge is 2.32. The summed E-state index contributed by atoms with van der Waals surface area (Å²) in [5.74, 6) is -0.286. The number of carbonyl (C=O) groups excluding carboxylic acids is 1.